The van der Waals surface area contributed by atoms with Crippen molar-refractivity contribution >= 4 is 28.8 Å². The molecule has 5 nitrogen and oxygen atoms in total. The Labute approximate surface area is 146 Å². The predicted octanol–water partition coefficient (Wildman–Crippen LogP) is 3.75. The Hall–Kier alpha value is -2.21. The number of carbonyl (C=O) groups excluding carboxylic acids is 2. The molecule has 2 N–H and O–H groups in total. The van der Waals surface area contributed by atoms with Crippen molar-refractivity contribution in [2.45, 2.75) is 40.0 Å². The van der Waals surface area contributed by atoms with Gasteiger partial charge in [-0.05, 0) is 37.6 Å². The smallest absolute Gasteiger partial charge is 0.267 e. The molecule has 1 aromatic heterocycles. The van der Waals surface area contributed by atoms with E-state index in [4.69, 9.17) is 0 Å². The highest BCUT2D eigenvalue weighted by Gasteiger charge is 2.20. The Morgan fingerprint density at radius 1 is 1.21 bits per heavy atom. The number of hydrogen-bond donors (Lipinski definition) is 2. The predicted molar refractivity (Wildman–Crippen MR) is 98.0 cm³/mol. The zero-order chi connectivity index (χ0) is 17.9. The van der Waals surface area contributed by atoms with Gasteiger partial charge in [0.15, 0.2) is 0 Å². The van der Waals surface area contributed by atoms with Crippen molar-refractivity contribution in [3.63, 3.8) is 0 Å². The van der Waals surface area contributed by atoms with Crippen LogP contribution in [0.4, 0.5) is 5.69 Å². The molecular formula is C18H23N3O2S. The Morgan fingerprint density at radius 3 is 2.46 bits per heavy atom. The number of rotatable bonds is 4. The topological polar surface area (TPSA) is 71.1 Å². The van der Waals surface area contributed by atoms with Crippen LogP contribution in [0.1, 0.15) is 58.3 Å². The molecule has 6 heteroatoms. The van der Waals surface area contributed by atoms with E-state index < -0.39 is 0 Å². The van der Waals surface area contributed by atoms with Crippen molar-refractivity contribution in [2.24, 2.45) is 0 Å². The third kappa shape index (κ3) is 4.20. The molecule has 0 aliphatic rings. The number of carbonyl (C=O) groups is 2. The van der Waals surface area contributed by atoms with E-state index in [1.165, 1.54) is 11.3 Å². The number of amides is 2. The Balaban J connectivity index is 2.14. The number of nitrogens with zero attached hydrogens (tertiary/aromatic N) is 1. The lowest BCUT2D eigenvalue weighted by Gasteiger charge is -2.13. The van der Waals surface area contributed by atoms with E-state index in [0.29, 0.717) is 22.7 Å². The van der Waals surface area contributed by atoms with Crippen molar-refractivity contribution in [3.05, 3.63) is 45.4 Å². The molecule has 0 radical (unpaired) electrons. The van der Waals surface area contributed by atoms with Crippen LogP contribution < -0.4 is 10.6 Å². The zero-order valence-electron chi connectivity index (χ0n) is 14.7. The maximum Gasteiger partial charge on any atom is 0.267 e. The number of benzene rings is 1. The lowest BCUT2D eigenvalue weighted by atomic mass is 9.98. The molecule has 0 atom stereocenters. The highest BCUT2D eigenvalue weighted by atomic mass is 32.1. The van der Waals surface area contributed by atoms with E-state index in [2.05, 4.69) is 36.4 Å². The summed E-state index contributed by atoms with van der Waals surface area (Å²) in [6, 6.07) is 5.23. The monoisotopic (exact) mass is 345 g/mol. The quantitative estimate of drug-likeness (QED) is 0.886. The van der Waals surface area contributed by atoms with Crippen LogP contribution in [0.3, 0.4) is 0 Å². The average molecular weight is 345 g/mol. The molecule has 2 aromatic rings. The summed E-state index contributed by atoms with van der Waals surface area (Å²) in [5.41, 5.74) is 2.04. The Morgan fingerprint density at radius 2 is 1.92 bits per heavy atom. The maximum absolute atomic E-state index is 12.4. The number of nitrogens with one attached hydrogen (secondary N) is 2. The Kier molecular flexibility index (Phi) is 5.39. The first-order chi connectivity index (χ1) is 11.2. The highest BCUT2D eigenvalue weighted by molar-refractivity contribution is 7.13. The van der Waals surface area contributed by atoms with Gasteiger partial charge in [-0.25, -0.2) is 4.98 Å². The number of aromatic nitrogens is 1. The van der Waals surface area contributed by atoms with Gasteiger partial charge in [0.2, 0.25) is 0 Å². The third-order valence-electron chi connectivity index (χ3n) is 3.45. The van der Waals surface area contributed by atoms with Crippen LogP contribution in [-0.2, 0) is 5.41 Å². The second-order valence-corrected chi connectivity index (χ2v) is 7.65. The maximum atomic E-state index is 12.4. The van der Waals surface area contributed by atoms with Gasteiger partial charge in [0.1, 0.15) is 4.88 Å². The van der Waals surface area contributed by atoms with Gasteiger partial charge in [0.05, 0.1) is 11.2 Å². The molecule has 0 aliphatic carbocycles. The summed E-state index contributed by atoms with van der Waals surface area (Å²) in [6.07, 6.45) is 1.61. The van der Waals surface area contributed by atoms with Gasteiger partial charge in [0.25, 0.3) is 11.8 Å². The van der Waals surface area contributed by atoms with E-state index >= 15 is 0 Å². The minimum Gasteiger partial charge on any atom is -0.352 e. The van der Waals surface area contributed by atoms with Crippen LogP contribution in [-0.4, -0.2) is 23.3 Å². The highest BCUT2D eigenvalue weighted by Crippen LogP contribution is 2.27. The van der Waals surface area contributed by atoms with E-state index in [1.54, 1.807) is 24.4 Å². The molecule has 0 fully saturated rings. The van der Waals surface area contributed by atoms with Gasteiger partial charge >= 0.3 is 0 Å². The van der Waals surface area contributed by atoms with Crippen molar-refractivity contribution in [1.82, 2.24) is 10.3 Å². The van der Waals surface area contributed by atoms with Crippen molar-refractivity contribution in [1.29, 1.82) is 0 Å². The molecule has 1 heterocycles. The summed E-state index contributed by atoms with van der Waals surface area (Å²) < 4.78 is 0. The largest absolute Gasteiger partial charge is 0.352 e. The SMILES string of the molecule is CCNC(=O)c1ccc(NC(=O)c2cnc(C(C)(C)C)s2)c(C)c1. The molecule has 128 valence electrons. The van der Waals surface area contributed by atoms with E-state index in [0.717, 1.165) is 10.6 Å². The van der Waals surface area contributed by atoms with Crippen molar-refractivity contribution < 1.29 is 9.59 Å². The van der Waals surface area contributed by atoms with Crippen molar-refractivity contribution in [2.75, 3.05) is 11.9 Å². The fraction of sp³-hybridized carbons (Fsp3) is 0.389. The molecule has 24 heavy (non-hydrogen) atoms. The van der Waals surface area contributed by atoms with Crippen LogP contribution >= 0.6 is 11.3 Å². The van der Waals surface area contributed by atoms with Gasteiger partial charge in [-0.2, -0.15) is 0 Å². The lowest BCUT2D eigenvalue weighted by molar-refractivity contribution is 0.0955. The van der Waals surface area contributed by atoms with Gasteiger partial charge < -0.3 is 10.6 Å². The van der Waals surface area contributed by atoms with Crippen molar-refractivity contribution in [3.8, 4) is 0 Å². The van der Waals surface area contributed by atoms with Crippen LogP contribution in [0.5, 0.6) is 0 Å². The molecule has 2 amide bonds. The third-order valence-corrected chi connectivity index (χ3v) is 4.87. The number of anilines is 1. The zero-order valence-corrected chi connectivity index (χ0v) is 15.5. The molecule has 1 aromatic carbocycles. The number of hydrogen-bond acceptors (Lipinski definition) is 4. The van der Waals surface area contributed by atoms with Gasteiger partial charge in [-0.15, -0.1) is 11.3 Å². The summed E-state index contributed by atoms with van der Waals surface area (Å²) >= 11 is 1.40. The minimum atomic E-state index is -0.183. The summed E-state index contributed by atoms with van der Waals surface area (Å²) in [5, 5.41) is 6.58. The second-order valence-electron chi connectivity index (χ2n) is 6.62. The molecule has 0 unspecified atom stereocenters. The van der Waals surface area contributed by atoms with Gasteiger partial charge in [0, 0.05) is 23.2 Å². The fourth-order valence-electron chi connectivity index (χ4n) is 2.12. The molecule has 2 rings (SSSR count). The molecule has 0 aliphatic heterocycles. The molecule has 0 saturated heterocycles. The summed E-state index contributed by atoms with van der Waals surface area (Å²) in [7, 11) is 0. The van der Waals surface area contributed by atoms with E-state index in [1.807, 2.05) is 13.8 Å². The van der Waals surface area contributed by atoms with Crippen LogP contribution in [0.2, 0.25) is 0 Å². The van der Waals surface area contributed by atoms with Gasteiger partial charge in [-0.3, -0.25) is 9.59 Å². The normalized spacial score (nSPS) is 11.2. The van der Waals surface area contributed by atoms with Crippen LogP contribution in [0.15, 0.2) is 24.4 Å². The summed E-state index contributed by atoms with van der Waals surface area (Å²) in [4.78, 5) is 29.2. The van der Waals surface area contributed by atoms with E-state index in [9.17, 15) is 9.59 Å². The van der Waals surface area contributed by atoms with Crippen LogP contribution in [0.25, 0.3) is 0 Å². The lowest BCUT2D eigenvalue weighted by Crippen LogP contribution is -2.22. The molecule has 0 bridgehead atoms. The fourth-order valence-corrected chi connectivity index (χ4v) is 2.99. The summed E-state index contributed by atoms with van der Waals surface area (Å²) in [5.74, 6) is -0.299. The summed E-state index contributed by atoms with van der Waals surface area (Å²) in [6.45, 7) is 10.5. The first kappa shape index (κ1) is 18.1. The molecule has 0 spiro atoms. The van der Waals surface area contributed by atoms with E-state index in [-0.39, 0.29) is 17.2 Å². The van der Waals surface area contributed by atoms with Crippen LogP contribution in [0, 0.1) is 6.92 Å². The minimum absolute atomic E-state index is 0.0760. The first-order valence-electron chi connectivity index (χ1n) is 7.89. The number of thiazole rings is 1. The first-order valence-corrected chi connectivity index (χ1v) is 8.70. The standard InChI is InChI=1S/C18H23N3O2S/c1-6-19-15(22)12-7-8-13(11(2)9-12)21-16(23)14-10-20-17(24-14)18(3,4)5/h7-10H,6H2,1-5H3,(H,19,22)(H,21,23). The molecular weight excluding hydrogens is 322 g/mol. The van der Waals surface area contributed by atoms with Gasteiger partial charge in [-0.1, -0.05) is 20.8 Å². The molecule has 0 saturated carbocycles. The second kappa shape index (κ2) is 7.13. The number of aryl methyl sites for hydroxylation is 1. The Bertz CT molecular complexity index is 760. The average Bonchev–Trinajstić information content (AvgIpc) is 2.99.